The van der Waals surface area contributed by atoms with Crippen LogP contribution in [0.25, 0.3) is 0 Å². The molecule has 3 rings (SSSR count). The van der Waals surface area contributed by atoms with Crippen LogP contribution in [0.4, 0.5) is 5.13 Å². The molecule has 1 N–H and O–H groups in total. The average Bonchev–Trinajstić information content (AvgIpc) is 3.16. The minimum Gasteiger partial charge on any atom is -0.302 e. The van der Waals surface area contributed by atoms with Gasteiger partial charge in [0.05, 0.1) is 0 Å². The summed E-state index contributed by atoms with van der Waals surface area (Å²) in [6, 6.07) is 7.77. The molecule has 2 aromatic rings. The van der Waals surface area contributed by atoms with Crippen molar-refractivity contribution in [3.63, 3.8) is 0 Å². The Labute approximate surface area is 120 Å². The number of carbonyl (C=O) groups is 1. The Hall–Kier alpha value is -1.39. The van der Waals surface area contributed by atoms with Crippen LogP contribution in [0.5, 0.6) is 0 Å². The molecule has 0 unspecified atom stereocenters. The fourth-order valence-corrected chi connectivity index (χ4v) is 2.78. The highest BCUT2D eigenvalue weighted by Gasteiger charge is 2.30. The monoisotopic (exact) mass is 292 g/mol. The van der Waals surface area contributed by atoms with Crippen LogP contribution < -0.4 is 5.32 Å². The van der Waals surface area contributed by atoms with Crippen LogP contribution in [-0.4, -0.2) is 10.9 Å². The van der Waals surface area contributed by atoms with Crippen LogP contribution in [0, 0.1) is 5.92 Å². The number of nitrogens with zero attached hydrogens (tertiary/aromatic N) is 1. The molecule has 0 radical (unpaired) electrons. The smallest absolute Gasteiger partial charge is 0.229 e. The third kappa shape index (κ3) is 3.33. The zero-order valence-corrected chi connectivity index (χ0v) is 11.8. The van der Waals surface area contributed by atoms with Gasteiger partial charge in [0.2, 0.25) is 5.91 Å². The van der Waals surface area contributed by atoms with Gasteiger partial charge in [-0.05, 0) is 30.5 Å². The van der Waals surface area contributed by atoms with Gasteiger partial charge in [-0.2, -0.15) is 0 Å². The Balaban J connectivity index is 1.64. The number of hydrogen-bond acceptors (Lipinski definition) is 3. The molecule has 1 aromatic heterocycles. The van der Waals surface area contributed by atoms with E-state index in [1.165, 1.54) is 16.9 Å². The lowest BCUT2D eigenvalue weighted by Gasteiger charge is -1.99. The van der Waals surface area contributed by atoms with Crippen molar-refractivity contribution in [2.24, 2.45) is 5.92 Å². The summed E-state index contributed by atoms with van der Waals surface area (Å²) >= 11 is 7.38. The molecular weight excluding hydrogens is 280 g/mol. The van der Waals surface area contributed by atoms with Gasteiger partial charge in [-0.15, -0.1) is 11.3 Å². The molecule has 0 atom stereocenters. The minimum absolute atomic E-state index is 0.104. The minimum atomic E-state index is 0.104. The van der Waals surface area contributed by atoms with Crippen LogP contribution in [0.1, 0.15) is 23.3 Å². The quantitative estimate of drug-likeness (QED) is 0.933. The lowest BCUT2D eigenvalue weighted by molar-refractivity contribution is -0.117. The highest BCUT2D eigenvalue weighted by atomic mass is 35.5. The number of hydrogen-bond donors (Lipinski definition) is 1. The molecule has 5 heteroatoms. The van der Waals surface area contributed by atoms with E-state index in [1.54, 1.807) is 0 Å². The van der Waals surface area contributed by atoms with E-state index in [4.69, 9.17) is 11.6 Å². The Kier molecular flexibility index (Phi) is 3.53. The average molecular weight is 293 g/mol. The predicted molar refractivity (Wildman–Crippen MR) is 77.7 cm³/mol. The highest BCUT2D eigenvalue weighted by Crippen LogP contribution is 2.31. The molecule has 1 aliphatic rings. The first-order valence-electron chi connectivity index (χ1n) is 6.21. The number of amides is 1. The van der Waals surface area contributed by atoms with E-state index in [1.807, 2.05) is 30.5 Å². The molecule has 0 spiro atoms. The lowest BCUT2D eigenvalue weighted by Crippen LogP contribution is -2.12. The van der Waals surface area contributed by atoms with Gasteiger partial charge < -0.3 is 5.32 Å². The molecule has 0 aliphatic heterocycles. The third-order valence-corrected chi connectivity index (χ3v) is 4.19. The first kappa shape index (κ1) is 12.6. The normalized spacial score (nSPS) is 14.4. The summed E-state index contributed by atoms with van der Waals surface area (Å²) in [6.07, 6.45) is 4.65. The fraction of sp³-hybridized carbons (Fsp3) is 0.286. The van der Waals surface area contributed by atoms with Gasteiger partial charge in [0.15, 0.2) is 5.13 Å². The molecule has 1 amide bonds. The molecule has 19 heavy (non-hydrogen) atoms. The maximum atomic E-state index is 11.6. The lowest BCUT2D eigenvalue weighted by atomic mass is 10.1. The van der Waals surface area contributed by atoms with E-state index in [2.05, 4.69) is 10.3 Å². The van der Waals surface area contributed by atoms with Crippen molar-refractivity contribution in [3.8, 4) is 0 Å². The topological polar surface area (TPSA) is 42.0 Å². The maximum absolute atomic E-state index is 11.6. The van der Waals surface area contributed by atoms with Crippen molar-refractivity contribution < 1.29 is 4.79 Å². The Bertz CT molecular complexity index is 590. The molecular formula is C14H13ClN2OS. The zero-order chi connectivity index (χ0) is 13.2. The third-order valence-electron chi connectivity index (χ3n) is 3.02. The number of benzene rings is 1. The number of halogens is 1. The number of aromatic nitrogens is 1. The first-order valence-corrected chi connectivity index (χ1v) is 7.40. The van der Waals surface area contributed by atoms with Crippen molar-refractivity contribution in [1.29, 1.82) is 0 Å². The van der Waals surface area contributed by atoms with Gasteiger partial charge in [-0.25, -0.2) is 4.98 Å². The van der Waals surface area contributed by atoms with E-state index >= 15 is 0 Å². The van der Waals surface area contributed by atoms with Crippen molar-refractivity contribution in [2.75, 3.05) is 5.32 Å². The SMILES string of the molecule is O=C(Nc1ncc(Cc2ccc(Cl)cc2)s1)C1CC1. The number of carbonyl (C=O) groups excluding carboxylic acids is 1. The zero-order valence-electron chi connectivity index (χ0n) is 10.2. The summed E-state index contributed by atoms with van der Waals surface area (Å²) in [4.78, 5) is 17.0. The maximum Gasteiger partial charge on any atom is 0.229 e. The molecule has 1 aromatic carbocycles. The molecule has 3 nitrogen and oxygen atoms in total. The molecule has 1 fully saturated rings. The summed E-state index contributed by atoms with van der Waals surface area (Å²) in [7, 11) is 0. The van der Waals surface area contributed by atoms with E-state index in [9.17, 15) is 4.79 Å². The van der Waals surface area contributed by atoms with Gasteiger partial charge >= 0.3 is 0 Å². The Morgan fingerprint density at radius 1 is 1.37 bits per heavy atom. The number of anilines is 1. The summed E-state index contributed by atoms with van der Waals surface area (Å²) in [5, 5.41) is 4.30. The molecule has 0 saturated heterocycles. The Morgan fingerprint density at radius 3 is 2.79 bits per heavy atom. The summed E-state index contributed by atoms with van der Waals surface area (Å²) in [5.74, 6) is 0.316. The highest BCUT2D eigenvalue weighted by molar-refractivity contribution is 7.15. The molecule has 1 heterocycles. The first-order chi connectivity index (χ1) is 9.20. The van der Waals surface area contributed by atoms with Crippen LogP contribution >= 0.6 is 22.9 Å². The summed E-state index contributed by atoms with van der Waals surface area (Å²) in [5.41, 5.74) is 1.19. The van der Waals surface area contributed by atoms with Gasteiger partial charge in [-0.3, -0.25) is 4.79 Å². The van der Waals surface area contributed by atoms with Gasteiger partial charge in [-0.1, -0.05) is 23.7 Å². The molecule has 98 valence electrons. The van der Waals surface area contributed by atoms with Crippen molar-refractivity contribution >= 4 is 34.0 Å². The van der Waals surface area contributed by atoms with Crippen LogP contribution in [0.2, 0.25) is 5.02 Å². The predicted octanol–water partition coefficient (Wildman–Crippen LogP) is 3.74. The second-order valence-electron chi connectivity index (χ2n) is 4.70. The van der Waals surface area contributed by atoms with Gasteiger partial charge in [0.25, 0.3) is 0 Å². The standard InChI is InChI=1S/C14H13ClN2OS/c15-11-5-1-9(2-6-11)7-12-8-16-14(19-12)17-13(18)10-3-4-10/h1-2,5-6,8,10H,3-4,7H2,(H,16,17,18). The van der Waals surface area contributed by atoms with Gasteiger partial charge in [0, 0.05) is 28.4 Å². The second-order valence-corrected chi connectivity index (χ2v) is 6.25. The number of nitrogens with one attached hydrogen (secondary N) is 1. The summed E-state index contributed by atoms with van der Waals surface area (Å²) in [6.45, 7) is 0. The van der Waals surface area contributed by atoms with Crippen LogP contribution in [0.15, 0.2) is 30.5 Å². The van der Waals surface area contributed by atoms with E-state index in [-0.39, 0.29) is 11.8 Å². The number of thiazole rings is 1. The molecule has 0 bridgehead atoms. The Morgan fingerprint density at radius 2 is 2.11 bits per heavy atom. The van der Waals surface area contributed by atoms with E-state index in [0.717, 1.165) is 29.2 Å². The molecule has 1 aliphatic carbocycles. The largest absolute Gasteiger partial charge is 0.302 e. The fourth-order valence-electron chi connectivity index (χ4n) is 1.80. The second kappa shape index (κ2) is 5.31. The van der Waals surface area contributed by atoms with Gasteiger partial charge in [0.1, 0.15) is 0 Å². The number of rotatable bonds is 4. The van der Waals surface area contributed by atoms with E-state index in [0.29, 0.717) is 5.13 Å². The van der Waals surface area contributed by atoms with Crippen molar-refractivity contribution in [1.82, 2.24) is 4.98 Å². The van der Waals surface area contributed by atoms with Crippen LogP contribution in [0.3, 0.4) is 0 Å². The molecule has 1 saturated carbocycles. The summed E-state index contributed by atoms with van der Waals surface area (Å²) < 4.78 is 0. The van der Waals surface area contributed by atoms with E-state index < -0.39 is 0 Å². The van der Waals surface area contributed by atoms with Crippen molar-refractivity contribution in [3.05, 3.63) is 45.9 Å². The van der Waals surface area contributed by atoms with Crippen LogP contribution in [-0.2, 0) is 11.2 Å². The van der Waals surface area contributed by atoms with Crippen molar-refractivity contribution in [2.45, 2.75) is 19.3 Å².